The number of phenolic OH excluding ortho intramolecular Hbond substituents is 1. The van der Waals surface area contributed by atoms with Crippen LogP contribution in [0.25, 0.3) is 0 Å². The summed E-state index contributed by atoms with van der Waals surface area (Å²) in [5.74, 6) is 1.98. The highest BCUT2D eigenvalue weighted by molar-refractivity contribution is 5.77. The lowest BCUT2D eigenvalue weighted by Crippen LogP contribution is -2.68. The maximum absolute atomic E-state index is 13.5. The summed E-state index contributed by atoms with van der Waals surface area (Å²) < 4.78 is 23.6. The first-order valence-electron chi connectivity index (χ1n) is 16.8. The molecule has 250 valence electrons. The Morgan fingerprint density at radius 2 is 1.83 bits per heavy atom. The minimum absolute atomic E-state index is 0.00672. The lowest BCUT2D eigenvalue weighted by atomic mass is 9.71. The van der Waals surface area contributed by atoms with Crippen molar-refractivity contribution in [2.24, 2.45) is 5.92 Å². The van der Waals surface area contributed by atoms with Crippen molar-refractivity contribution in [3.63, 3.8) is 0 Å². The Balaban J connectivity index is 1.38. The zero-order chi connectivity index (χ0) is 33.1. The van der Waals surface area contributed by atoms with Crippen LogP contribution in [0.2, 0.25) is 0 Å². The average Bonchev–Trinajstić information content (AvgIpc) is 3.53. The number of nitrogens with one attached hydrogen (secondary N) is 1. The van der Waals surface area contributed by atoms with Crippen molar-refractivity contribution in [1.29, 1.82) is 5.26 Å². The first kappa shape index (κ1) is 31.6. The van der Waals surface area contributed by atoms with Gasteiger partial charge in [0.15, 0.2) is 23.0 Å². The summed E-state index contributed by atoms with van der Waals surface area (Å²) in [7, 11) is 3.57. The number of aryl methyl sites for hydroxylation is 1. The number of esters is 1. The van der Waals surface area contributed by atoms with Crippen LogP contribution < -0.4 is 24.3 Å². The molecule has 2 fully saturated rings. The van der Waals surface area contributed by atoms with Crippen molar-refractivity contribution < 1.29 is 33.6 Å². The van der Waals surface area contributed by atoms with Crippen LogP contribution in [-0.2, 0) is 22.4 Å². The largest absolute Gasteiger partial charge is 0.504 e. The van der Waals surface area contributed by atoms with E-state index in [1.807, 2.05) is 20.9 Å². The molecule has 0 spiro atoms. The molecule has 0 aromatic heterocycles. The fraction of sp³-hybridized carbons (Fsp3) is 0.583. The highest BCUT2D eigenvalue weighted by Crippen LogP contribution is 2.58. The standard InChI is InChI=1S/C36H44N4O7/c1-18-11-22-13-24-26(15-37)40-25(31(39(24)4)29(22)32(43)33(18)44-5)14-23-30(27(40)16-38-28(42)12-21-9-7-6-8-10-21)36-35(45-17-46-36)19(2)34(23)47-20(3)41/h11,21,24-27,31,43H,6-10,12-14,16-17H2,1-5H3,(H,38,42)/t24-,25?,26-,27-,31-/m0/s1. The highest BCUT2D eigenvalue weighted by atomic mass is 16.7. The molecule has 5 atom stereocenters. The number of carbonyl (C=O) groups excluding carboxylic acids is 2. The molecule has 2 bridgehead atoms. The summed E-state index contributed by atoms with van der Waals surface area (Å²) in [6.07, 6.45) is 7.13. The molecule has 11 heteroatoms. The van der Waals surface area contributed by atoms with Crippen LogP contribution >= 0.6 is 0 Å². The molecule has 2 aromatic rings. The molecule has 11 nitrogen and oxygen atoms in total. The van der Waals surface area contributed by atoms with Gasteiger partial charge in [-0.1, -0.05) is 25.3 Å². The molecule has 1 saturated carbocycles. The number of likely N-dealkylation sites (N-methyl/N-ethyl adjacent to an activating group) is 1. The molecular weight excluding hydrogens is 600 g/mol. The van der Waals surface area contributed by atoms with E-state index >= 15 is 0 Å². The number of fused-ring (bicyclic) bond motifs is 9. The number of piperazine rings is 1. The number of carbonyl (C=O) groups is 2. The summed E-state index contributed by atoms with van der Waals surface area (Å²) in [6.45, 7) is 5.41. The molecule has 7 rings (SSSR count). The summed E-state index contributed by atoms with van der Waals surface area (Å²) in [5.41, 5.74) is 4.87. The molecular formula is C36H44N4O7. The van der Waals surface area contributed by atoms with E-state index in [2.05, 4.69) is 27.3 Å². The topological polar surface area (TPSA) is 134 Å². The lowest BCUT2D eigenvalue weighted by Gasteiger charge is -2.60. The summed E-state index contributed by atoms with van der Waals surface area (Å²) >= 11 is 0. The van der Waals surface area contributed by atoms with Gasteiger partial charge in [0.2, 0.25) is 12.7 Å². The van der Waals surface area contributed by atoms with Gasteiger partial charge in [-0.3, -0.25) is 19.4 Å². The molecule has 4 aliphatic heterocycles. The van der Waals surface area contributed by atoms with Crippen molar-refractivity contribution >= 4 is 11.9 Å². The van der Waals surface area contributed by atoms with Gasteiger partial charge >= 0.3 is 5.97 Å². The van der Waals surface area contributed by atoms with Gasteiger partial charge in [-0.2, -0.15) is 5.26 Å². The number of methoxy groups -OCH3 is 1. The van der Waals surface area contributed by atoms with Crippen LogP contribution in [0.5, 0.6) is 28.7 Å². The number of benzene rings is 2. The van der Waals surface area contributed by atoms with Gasteiger partial charge in [-0.15, -0.1) is 0 Å². The zero-order valence-electron chi connectivity index (χ0n) is 27.9. The molecule has 2 aromatic carbocycles. The molecule has 0 radical (unpaired) electrons. The van der Waals surface area contributed by atoms with E-state index in [1.54, 1.807) is 7.11 Å². The van der Waals surface area contributed by atoms with Crippen LogP contribution in [-0.4, -0.2) is 72.4 Å². The third-order valence-corrected chi connectivity index (χ3v) is 11.2. The summed E-state index contributed by atoms with van der Waals surface area (Å²) in [4.78, 5) is 30.4. The number of ether oxygens (including phenoxy) is 4. The van der Waals surface area contributed by atoms with Gasteiger partial charge in [0.05, 0.1) is 25.3 Å². The minimum Gasteiger partial charge on any atom is -0.504 e. The SMILES string of the molecule is COc1c(C)cc2c(c1O)[C@@H]1C3Cc4c(OC(C)=O)c(C)c5c(c4[C@H](CNC(=O)CC4CCCCC4)N3[C@@H](C#N)[C@H](C2)N1C)OCO5. The number of hydrogen-bond donors (Lipinski definition) is 2. The van der Waals surface area contributed by atoms with E-state index < -0.39 is 18.1 Å². The molecule has 1 saturated heterocycles. The van der Waals surface area contributed by atoms with Crippen LogP contribution in [0.1, 0.15) is 90.9 Å². The molecule has 1 aliphatic carbocycles. The number of nitrogens with zero attached hydrogens (tertiary/aromatic N) is 3. The second kappa shape index (κ2) is 12.2. The normalized spacial score (nSPS) is 26.4. The number of rotatable bonds is 6. The number of aromatic hydroxyl groups is 1. The van der Waals surface area contributed by atoms with Gasteiger partial charge in [0.1, 0.15) is 11.8 Å². The molecule has 1 unspecified atom stereocenters. The van der Waals surface area contributed by atoms with Gasteiger partial charge in [0.25, 0.3) is 0 Å². The van der Waals surface area contributed by atoms with Gasteiger partial charge < -0.3 is 29.4 Å². The summed E-state index contributed by atoms with van der Waals surface area (Å²) in [6, 6.07) is 2.88. The predicted molar refractivity (Wildman–Crippen MR) is 172 cm³/mol. The van der Waals surface area contributed by atoms with Crippen LogP contribution in [0, 0.1) is 31.1 Å². The van der Waals surface area contributed by atoms with Crippen molar-refractivity contribution in [2.45, 2.75) is 102 Å². The Bertz CT molecular complexity index is 1660. The Morgan fingerprint density at radius 1 is 1.09 bits per heavy atom. The lowest BCUT2D eigenvalue weighted by molar-refractivity contribution is -0.132. The molecule has 2 N–H and O–H groups in total. The van der Waals surface area contributed by atoms with Gasteiger partial charge in [-0.25, -0.2) is 0 Å². The molecule has 4 heterocycles. The van der Waals surface area contributed by atoms with Crippen molar-refractivity contribution in [3.05, 3.63) is 39.4 Å². The first-order valence-corrected chi connectivity index (χ1v) is 16.8. The number of nitriles is 1. The smallest absolute Gasteiger partial charge is 0.308 e. The minimum atomic E-state index is -0.538. The third-order valence-electron chi connectivity index (χ3n) is 11.2. The maximum atomic E-state index is 13.5. The molecule has 5 aliphatic rings. The van der Waals surface area contributed by atoms with Gasteiger partial charge in [0, 0.05) is 54.2 Å². The molecule has 1 amide bonds. The quantitative estimate of drug-likeness (QED) is 0.341. The zero-order valence-corrected chi connectivity index (χ0v) is 27.9. The van der Waals surface area contributed by atoms with Crippen molar-refractivity contribution in [2.75, 3.05) is 27.5 Å². The van der Waals surface area contributed by atoms with Crippen LogP contribution in [0.3, 0.4) is 0 Å². The van der Waals surface area contributed by atoms with E-state index in [0.29, 0.717) is 53.7 Å². The Morgan fingerprint density at radius 3 is 2.53 bits per heavy atom. The van der Waals surface area contributed by atoms with Crippen molar-refractivity contribution in [1.82, 2.24) is 15.1 Å². The number of amides is 1. The Labute approximate surface area is 275 Å². The number of phenols is 1. The van der Waals surface area contributed by atoms with E-state index in [4.69, 9.17) is 18.9 Å². The maximum Gasteiger partial charge on any atom is 0.308 e. The van der Waals surface area contributed by atoms with Crippen LogP contribution in [0.15, 0.2) is 6.07 Å². The van der Waals surface area contributed by atoms with E-state index in [-0.39, 0.29) is 43.1 Å². The second-order valence-corrected chi connectivity index (χ2v) is 13.9. The fourth-order valence-electron chi connectivity index (χ4n) is 9.25. The predicted octanol–water partition coefficient (Wildman–Crippen LogP) is 4.53. The van der Waals surface area contributed by atoms with E-state index in [1.165, 1.54) is 13.3 Å². The Kier molecular flexibility index (Phi) is 8.21. The van der Waals surface area contributed by atoms with Crippen molar-refractivity contribution in [3.8, 4) is 34.8 Å². The number of hydrogen-bond acceptors (Lipinski definition) is 10. The first-order chi connectivity index (χ1) is 22.6. The highest BCUT2D eigenvalue weighted by Gasteiger charge is 2.56. The monoisotopic (exact) mass is 644 g/mol. The fourth-order valence-corrected chi connectivity index (χ4v) is 9.25. The van der Waals surface area contributed by atoms with Gasteiger partial charge in [-0.05, 0) is 63.6 Å². The summed E-state index contributed by atoms with van der Waals surface area (Å²) in [5, 5.41) is 25.8. The van der Waals surface area contributed by atoms with E-state index in [9.17, 15) is 20.0 Å². The third kappa shape index (κ3) is 5.08. The van der Waals surface area contributed by atoms with Crippen LogP contribution in [0.4, 0.5) is 0 Å². The molecule has 47 heavy (non-hydrogen) atoms. The van der Waals surface area contributed by atoms with E-state index in [0.717, 1.165) is 53.5 Å². The average molecular weight is 645 g/mol. The second-order valence-electron chi connectivity index (χ2n) is 13.9. The Hall–Kier alpha value is -4.01.